The first-order valence-electron chi connectivity index (χ1n) is 3.94. The number of anilines is 1. The van der Waals surface area contributed by atoms with Crippen LogP contribution in [0.5, 0.6) is 0 Å². The van der Waals surface area contributed by atoms with Crippen LogP contribution in [0.2, 0.25) is 0 Å². The molecule has 0 unspecified atom stereocenters. The smallest absolute Gasteiger partial charge is 0.306 e. The number of urea groups is 1. The minimum Gasteiger partial charge on any atom is -0.306 e. The van der Waals surface area contributed by atoms with Crippen molar-refractivity contribution in [1.29, 1.82) is 0 Å². The van der Waals surface area contributed by atoms with Crippen LogP contribution in [0.25, 0.3) is 0 Å². The minimum atomic E-state index is -3.68. The molecule has 0 saturated carbocycles. The van der Waals surface area contributed by atoms with Crippen molar-refractivity contribution in [2.75, 3.05) is 5.32 Å². The van der Waals surface area contributed by atoms with Crippen molar-refractivity contribution in [3.8, 4) is 0 Å². The van der Waals surface area contributed by atoms with Crippen molar-refractivity contribution in [1.82, 2.24) is 4.72 Å². The molecule has 0 aromatic heterocycles. The van der Waals surface area contributed by atoms with Gasteiger partial charge < -0.3 is 5.32 Å². The molecular formula is C8H8N2O3S. The van der Waals surface area contributed by atoms with E-state index in [4.69, 9.17) is 0 Å². The van der Waals surface area contributed by atoms with Crippen LogP contribution >= 0.6 is 0 Å². The number of aryl methyl sites for hydroxylation is 1. The van der Waals surface area contributed by atoms with Gasteiger partial charge in [0.25, 0.3) is 10.0 Å². The number of rotatable bonds is 0. The Balaban J connectivity index is 2.76. The van der Waals surface area contributed by atoms with Crippen molar-refractivity contribution in [3.05, 3.63) is 23.8 Å². The predicted octanol–water partition coefficient (Wildman–Crippen LogP) is 0.819. The molecule has 0 aliphatic carbocycles. The Bertz CT molecular complexity index is 507. The van der Waals surface area contributed by atoms with E-state index in [1.54, 1.807) is 19.1 Å². The molecule has 74 valence electrons. The standard InChI is InChI=1S/C8H8N2O3S/c1-5-3-2-4-6-7(5)9-8(11)10-14(6,12)13/h2-4H,1H3,(H2,9,10,11). The Labute approximate surface area is 81.2 Å². The van der Waals surface area contributed by atoms with Gasteiger partial charge in [-0.3, -0.25) is 0 Å². The third-order valence-electron chi connectivity index (χ3n) is 1.99. The lowest BCUT2D eigenvalue weighted by molar-refractivity contribution is 0.256. The van der Waals surface area contributed by atoms with Gasteiger partial charge in [-0.2, -0.15) is 0 Å². The molecule has 2 rings (SSSR count). The van der Waals surface area contributed by atoms with Crippen LogP contribution in [0.3, 0.4) is 0 Å². The van der Waals surface area contributed by atoms with Gasteiger partial charge in [-0.25, -0.2) is 17.9 Å². The minimum absolute atomic E-state index is 0.108. The van der Waals surface area contributed by atoms with Crippen molar-refractivity contribution >= 4 is 21.7 Å². The molecule has 0 fully saturated rings. The number of benzene rings is 1. The number of carbonyl (C=O) groups is 1. The van der Waals surface area contributed by atoms with Crippen LogP contribution in [0.15, 0.2) is 23.1 Å². The maximum Gasteiger partial charge on any atom is 0.333 e. The number of nitrogens with one attached hydrogen (secondary N) is 2. The highest BCUT2D eigenvalue weighted by Crippen LogP contribution is 2.27. The molecule has 0 bridgehead atoms. The molecular weight excluding hydrogens is 204 g/mol. The van der Waals surface area contributed by atoms with Crippen molar-refractivity contribution < 1.29 is 13.2 Å². The molecule has 0 saturated heterocycles. The van der Waals surface area contributed by atoms with Gasteiger partial charge in [0.1, 0.15) is 4.90 Å². The highest BCUT2D eigenvalue weighted by Gasteiger charge is 2.27. The quantitative estimate of drug-likeness (QED) is 0.668. The fourth-order valence-corrected chi connectivity index (χ4v) is 2.48. The van der Waals surface area contributed by atoms with Gasteiger partial charge in [0.2, 0.25) is 0 Å². The molecule has 0 spiro atoms. The van der Waals surface area contributed by atoms with Crippen LogP contribution in [-0.4, -0.2) is 14.4 Å². The molecule has 0 atom stereocenters. The zero-order chi connectivity index (χ0) is 10.3. The maximum atomic E-state index is 11.5. The van der Waals surface area contributed by atoms with E-state index in [1.807, 2.05) is 4.72 Å². The number of amides is 2. The maximum absolute atomic E-state index is 11.5. The highest BCUT2D eigenvalue weighted by molar-refractivity contribution is 7.90. The second-order valence-electron chi connectivity index (χ2n) is 3.01. The summed E-state index contributed by atoms with van der Waals surface area (Å²) in [5.74, 6) is 0. The summed E-state index contributed by atoms with van der Waals surface area (Å²) in [7, 11) is -3.68. The number of para-hydroxylation sites is 1. The Morgan fingerprint density at radius 3 is 2.71 bits per heavy atom. The van der Waals surface area contributed by atoms with Gasteiger partial charge in [0, 0.05) is 0 Å². The lowest BCUT2D eigenvalue weighted by Gasteiger charge is -2.19. The zero-order valence-electron chi connectivity index (χ0n) is 7.37. The Morgan fingerprint density at radius 2 is 2.00 bits per heavy atom. The SMILES string of the molecule is Cc1cccc2c1NC(=O)NS2(=O)=O. The lowest BCUT2D eigenvalue weighted by Crippen LogP contribution is -2.39. The van der Waals surface area contributed by atoms with E-state index < -0.39 is 16.1 Å². The first-order chi connectivity index (χ1) is 6.50. The summed E-state index contributed by atoms with van der Waals surface area (Å²) < 4.78 is 24.8. The molecule has 1 aromatic carbocycles. The summed E-state index contributed by atoms with van der Waals surface area (Å²) in [5.41, 5.74) is 1.08. The number of hydrogen-bond donors (Lipinski definition) is 2. The average Bonchev–Trinajstić information content (AvgIpc) is 2.05. The first kappa shape index (κ1) is 9.01. The van der Waals surface area contributed by atoms with E-state index in [0.29, 0.717) is 5.69 Å². The molecule has 2 amide bonds. The van der Waals surface area contributed by atoms with Crippen LogP contribution in [-0.2, 0) is 10.0 Å². The zero-order valence-corrected chi connectivity index (χ0v) is 8.18. The number of fused-ring (bicyclic) bond motifs is 1. The Hall–Kier alpha value is -1.56. The van der Waals surface area contributed by atoms with Crippen molar-refractivity contribution in [3.63, 3.8) is 0 Å². The molecule has 5 nitrogen and oxygen atoms in total. The monoisotopic (exact) mass is 212 g/mol. The third kappa shape index (κ3) is 1.24. The van der Waals surface area contributed by atoms with Crippen LogP contribution in [0.1, 0.15) is 5.56 Å². The molecule has 2 N–H and O–H groups in total. The molecule has 0 radical (unpaired) electrons. The molecule has 1 aliphatic rings. The van der Waals surface area contributed by atoms with E-state index >= 15 is 0 Å². The third-order valence-corrected chi connectivity index (χ3v) is 3.36. The Kier molecular flexibility index (Phi) is 1.75. The predicted molar refractivity (Wildman–Crippen MR) is 50.5 cm³/mol. The summed E-state index contributed by atoms with van der Waals surface area (Å²) in [6.07, 6.45) is 0. The van der Waals surface area contributed by atoms with E-state index in [0.717, 1.165) is 5.56 Å². The summed E-state index contributed by atoms with van der Waals surface area (Å²) in [4.78, 5) is 11.1. The fraction of sp³-hybridized carbons (Fsp3) is 0.125. The van der Waals surface area contributed by atoms with Gasteiger partial charge in [-0.15, -0.1) is 0 Å². The number of sulfonamides is 1. The summed E-state index contributed by atoms with van der Waals surface area (Å²) in [6.45, 7) is 1.74. The first-order valence-corrected chi connectivity index (χ1v) is 5.42. The van der Waals surface area contributed by atoms with Gasteiger partial charge in [0.15, 0.2) is 0 Å². The van der Waals surface area contributed by atoms with Gasteiger partial charge in [0.05, 0.1) is 5.69 Å². The summed E-state index contributed by atoms with van der Waals surface area (Å²) in [5, 5.41) is 2.45. The van der Waals surface area contributed by atoms with E-state index in [9.17, 15) is 13.2 Å². The highest BCUT2D eigenvalue weighted by atomic mass is 32.2. The topological polar surface area (TPSA) is 75.3 Å². The van der Waals surface area contributed by atoms with E-state index in [2.05, 4.69) is 5.32 Å². The van der Waals surface area contributed by atoms with E-state index in [-0.39, 0.29) is 4.90 Å². The van der Waals surface area contributed by atoms with Crippen molar-refractivity contribution in [2.24, 2.45) is 0 Å². The molecule has 1 aromatic rings. The average molecular weight is 212 g/mol. The fourth-order valence-electron chi connectivity index (χ4n) is 1.34. The van der Waals surface area contributed by atoms with Crippen molar-refractivity contribution in [2.45, 2.75) is 11.8 Å². The number of carbonyl (C=O) groups excluding carboxylic acids is 1. The summed E-state index contributed by atoms with van der Waals surface area (Å²) in [6, 6.07) is 4.10. The molecule has 6 heteroatoms. The Morgan fingerprint density at radius 1 is 1.29 bits per heavy atom. The second kappa shape index (κ2) is 2.71. The normalized spacial score (nSPS) is 17.9. The molecule has 14 heavy (non-hydrogen) atoms. The largest absolute Gasteiger partial charge is 0.333 e. The van der Waals surface area contributed by atoms with Gasteiger partial charge in [-0.1, -0.05) is 12.1 Å². The van der Waals surface area contributed by atoms with Crippen LogP contribution in [0, 0.1) is 6.92 Å². The van der Waals surface area contributed by atoms with Gasteiger partial charge in [-0.05, 0) is 18.6 Å². The van der Waals surface area contributed by atoms with Crippen LogP contribution in [0.4, 0.5) is 10.5 Å². The van der Waals surface area contributed by atoms with Gasteiger partial charge >= 0.3 is 6.03 Å². The van der Waals surface area contributed by atoms with E-state index in [1.165, 1.54) is 6.07 Å². The molecule has 1 heterocycles. The summed E-state index contributed by atoms with van der Waals surface area (Å²) >= 11 is 0. The van der Waals surface area contributed by atoms with Crippen LogP contribution < -0.4 is 10.0 Å². The second-order valence-corrected chi connectivity index (χ2v) is 4.66. The number of hydrogen-bond acceptors (Lipinski definition) is 3. The lowest BCUT2D eigenvalue weighted by atomic mass is 10.2. The molecule has 1 aliphatic heterocycles.